The number of likely N-dealkylation sites (tertiary alicyclic amines) is 1. The van der Waals surface area contributed by atoms with E-state index < -0.39 is 22.0 Å². The molecule has 5 rings (SSSR count). The van der Waals surface area contributed by atoms with E-state index in [1.807, 2.05) is 53.4 Å². The molecule has 13 heteroatoms. The van der Waals surface area contributed by atoms with Gasteiger partial charge >= 0.3 is 5.97 Å². The summed E-state index contributed by atoms with van der Waals surface area (Å²) >= 11 is 0. The first-order valence-corrected chi connectivity index (χ1v) is 16.3. The van der Waals surface area contributed by atoms with Crippen LogP contribution in [-0.4, -0.2) is 61.0 Å². The number of nitrogens with zero attached hydrogens (tertiary/aromatic N) is 2. The number of amidine groups is 2. The van der Waals surface area contributed by atoms with E-state index in [1.165, 1.54) is 4.31 Å². The molecule has 45 heavy (non-hydrogen) atoms. The summed E-state index contributed by atoms with van der Waals surface area (Å²) in [5.74, 6) is 0.290. The highest BCUT2D eigenvalue weighted by Gasteiger charge is 2.38. The Morgan fingerprint density at radius 2 is 1.69 bits per heavy atom. The van der Waals surface area contributed by atoms with Crippen LogP contribution >= 0.6 is 24.8 Å². The maximum Gasteiger partial charge on any atom is 0.303 e. The number of anilines is 1. The summed E-state index contributed by atoms with van der Waals surface area (Å²) in [6.45, 7) is 3.35. The molecule has 1 fully saturated rings. The Morgan fingerprint density at radius 1 is 0.978 bits per heavy atom. The summed E-state index contributed by atoms with van der Waals surface area (Å²) in [6.07, 6.45) is 3.51. The van der Waals surface area contributed by atoms with Crippen LogP contribution in [0.25, 0.3) is 10.8 Å². The van der Waals surface area contributed by atoms with Crippen LogP contribution in [-0.2, 0) is 21.2 Å². The van der Waals surface area contributed by atoms with Crippen molar-refractivity contribution in [1.82, 2.24) is 4.90 Å². The molecule has 2 aliphatic heterocycles. The van der Waals surface area contributed by atoms with Gasteiger partial charge in [-0.1, -0.05) is 30.7 Å². The number of carbonyl (C=O) groups is 1. The molecule has 244 valence electrons. The van der Waals surface area contributed by atoms with Crippen LogP contribution in [0, 0.1) is 10.8 Å². The number of aliphatic carboxylic acids is 1. The Labute approximate surface area is 276 Å². The van der Waals surface area contributed by atoms with Crippen LogP contribution in [0.4, 0.5) is 5.69 Å². The molecule has 0 spiro atoms. The van der Waals surface area contributed by atoms with E-state index in [1.54, 1.807) is 13.0 Å². The molecule has 2 aliphatic rings. The Morgan fingerprint density at radius 3 is 2.36 bits per heavy atom. The lowest BCUT2D eigenvalue weighted by Crippen LogP contribution is -2.40. The van der Waals surface area contributed by atoms with Crippen LogP contribution in [0.15, 0.2) is 54.6 Å². The van der Waals surface area contributed by atoms with Crippen molar-refractivity contribution >= 4 is 68.9 Å². The van der Waals surface area contributed by atoms with E-state index in [9.17, 15) is 13.2 Å². The standard InChI is InChI=1S/C32H39N5O5S.2ClH/c1-21(33)36-14-12-27(13-15-36)42-28-10-11-29-26(19-28)20-30(37(29)43(40,41)16-4-2-3-5-31(38)39)23-8-6-22-7-9-24(32(34)35)18-25(22)17-23;;/h6-11,17-19,27,30,33H,2-5,12-16,20H2,1H3,(H3,34,35)(H,38,39);2*1H. The van der Waals surface area contributed by atoms with Gasteiger partial charge in [0.2, 0.25) is 10.0 Å². The van der Waals surface area contributed by atoms with Crippen molar-refractivity contribution < 1.29 is 23.1 Å². The summed E-state index contributed by atoms with van der Waals surface area (Å²) in [6, 6.07) is 16.6. The Bertz CT molecular complexity index is 1660. The zero-order valence-electron chi connectivity index (χ0n) is 25.2. The lowest BCUT2D eigenvalue weighted by Gasteiger charge is -2.33. The van der Waals surface area contributed by atoms with Gasteiger partial charge in [0.25, 0.3) is 0 Å². The van der Waals surface area contributed by atoms with Crippen molar-refractivity contribution in [3.05, 3.63) is 71.3 Å². The minimum absolute atomic E-state index is 0. The van der Waals surface area contributed by atoms with E-state index in [0.29, 0.717) is 48.5 Å². The second-order valence-corrected chi connectivity index (χ2v) is 13.4. The zero-order valence-corrected chi connectivity index (χ0v) is 27.6. The molecular formula is C32H41Cl2N5O5S. The molecular weight excluding hydrogens is 637 g/mol. The monoisotopic (exact) mass is 677 g/mol. The van der Waals surface area contributed by atoms with Crippen LogP contribution in [0.2, 0.25) is 0 Å². The number of hydrogen-bond acceptors (Lipinski definition) is 6. The molecule has 0 aliphatic carbocycles. The number of fused-ring (bicyclic) bond motifs is 2. The van der Waals surface area contributed by atoms with E-state index in [2.05, 4.69) is 0 Å². The lowest BCUT2D eigenvalue weighted by molar-refractivity contribution is -0.137. The van der Waals surface area contributed by atoms with Gasteiger partial charge in [0, 0.05) is 44.3 Å². The van der Waals surface area contributed by atoms with Gasteiger partial charge in [-0.05, 0) is 72.0 Å². The normalized spacial score (nSPS) is 16.4. The number of nitrogens with one attached hydrogen (secondary N) is 2. The molecule has 0 aromatic heterocycles. The van der Waals surface area contributed by atoms with Crippen LogP contribution < -0.4 is 14.8 Å². The molecule has 5 N–H and O–H groups in total. The van der Waals surface area contributed by atoms with Crippen molar-refractivity contribution in [2.75, 3.05) is 23.1 Å². The van der Waals surface area contributed by atoms with Crippen LogP contribution in [0.3, 0.4) is 0 Å². The number of halogens is 2. The SMILES string of the molecule is CC(=N)N1CCC(Oc2ccc3c(c2)CC(c2ccc4ccc(C(=N)N)cc4c2)N3S(=O)(=O)CCCCCC(=O)O)CC1.Cl.Cl. The summed E-state index contributed by atoms with van der Waals surface area (Å²) in [4.78, 5) is 12.9. The van der Waals surface area contributed by atoms with Crippen molar-refractivity contribution in [2.45, 2.75) is 64.0 Å². The molecule has 2 heterocycles. The minimum Gasteiger partial charge on any atom is -0.490 e. The van der Waals surface area contributed by atoms with E-state index >= 15 is 0 Å². The molecule has 0 radical (unpaired) electrons. The fourth-order valence-corrected chi connectivity index (χ4v) is 7.87. The third-order valence-corrected chi connectivity index (χ3v) is 10.2. The maximum absolute atomic E-state index is 13.9. The smallest absolute Gasteiger partial charge is 0.303 e. The van der Waals surface area contributed by atoms with Gasteiger partial charge in [0.15, 0.2) is 0 Å². The zero-order chi connectivity index (χ0) is 30.7. The van der Waals surface area contributed by atoms with Crippen molar-refractivity contribution in [3.63, 3.8) is 0 Å². The van der Waals surface area contributed by atoms with Gasteiger partial charge in [0.05, 0.1) is 23.3 Å². The Balaban J connectivity index is 0.00000276. The highest BCUT2D eigenvalue weighted by Crippen LogP contribution is 2.45. The average Bonchev–Trinajstić information content (AvgIpc) is 3.36. The average molecular weight is 679 g/mol. The molecule has 3 aromatic rings. The number of hydrogen-bond donors (Lipinski definition) is 4. The molecule has 1 saturated heterocycles. The quantitative estimate of drug-likeness (QED) is 0.112. The van der Waals surface area contributed by atoms with Crippen molar-refractivity contribution in [1.29, 1.82) is 10.8 Å². The number of carboxylic acid groups (broad SMARTS) is 1. The highest BCUT2D eigenvalue weighted by molar-refractivity contribution is 7.92. The topological polar surface area (TPSA) is 161 Å². The Hall–Kier alpha value is -3.54. The number of benzene rings is 3. The van der Waals surface area contributed by atoms with Gasteiger partial charge in [0.1, 0.15) is 17.7 Å². The van der Waals surface area contributed by atoms with Crippen molar-refractivity contribution in [3.8, 4) is 5.75 Å². The number of rotatable bonds is 11. The number of carboxylic acids is 1. The van der Waals surface area contributed by atoms with Crippen molar-refractivity contribution in [2.24, 2.45) is 5.73 Å². The Kier molecular flexibility index (Phi) is 12.1. The first kappa shape index (κ1) is 35.9. The molecule has 10 nitrogen and oxygen atoms in total. The van der Waals surface area contributed by atoms with E-state index in [-0.39, 0.29) is 48.9 Å². The van der Waals surface area contributed by atoms with Gasteiger partial charge < -0.3 is 20.5 Å². The maximum atomic E-state index is 13.9. The molecule has 1 atom stereocenters. The van der Waals surface area contributed by atoms with E-state index in [0.717, 1.165) is 47.8 Å². The number of sulfonamides is 1. The third-order valence-electron chi connectivity index (χ3n) is 8.36. The van der Waals surface area contributed by atoms with Gasteiger partial charge in [-0.15, -0.1) is 24.8 Å². The summed E-state index contributed by atoms with van der Waals surface area (Å²) in [7, 11) is -3.74. The van der Waals surface area contributed by atoms with Gasteiger partial charge in [-0.3, -0.25) is 19.9 Å². The van der Waals surface area contributed by atoms with Gasteiger partial charge in [-0.25, -0.2) is 8.42 Å². The molecule has 0 saturated carbocycles. The number of unbranched alkanes of at least 4 members (excludes halogenated alkanes) is 2. The second-order valence-electron chi connectivity index (χ2n) is 11.5. The molecule has 0 bridgehead atoms. The molecule has 1 unspecified atom stereocenters. The predicted molar refractivity (Wildman–Crippen MR) is 183 cm³/mol. The number of nitrogen functional groups attached to an aromatic ring is 1. The number of nitrogens with two attached hydrogens (primary N) is 1. The fraction of sp³-hybridized carbons (Fsp3) is 0.406. The van der Waals surface area contributed by atoms with Crippen LogP contribution in [0.1, 0.15) is 68.2 Å². The predicted octanol–water partition coefficient (Wildman–Crippen LogP) is 5.89. The fourth-order valence-electron chi connectivity index (χ4n) is 6.05. The number of ether oxygens (including phenoxy) is 1. The van der Waals surface area contributed by atoms with E-state index in [4.69, 9.17) is 26.4 Å². The minimum atomic E-state index is -3.74. The third kappa shape index (κ3) is 8.39. The summed E-state index contributed by atoms with van der Waals surface area (Å²) in [5.41, 5.74) is 8.70. The molecule has 3 aromatic carbocycles. The summed E-state index contributed by atoms with van der Waals surface area (Å²) in [5, 5.41) is 26.5. The first-order valence-electron chi connectivity index (χ1n) is 14.7. The number of piperidine rings is 1. The lowest BCUT2D eigenvalue weighted by atomic mass is 9.98. The second kappa shape index (κ2) is 15.2. The highest BCUT2D eigenvalue weighted by atomic mass is 35.5. The van der Waals surface area contributed by atoms with Crippen LogP contribution in [0.5, 0.6) is 5.75 Å². The summed E-state index contributed by atoms with van der Waals surface area (Å²) < 4.78 is 35.6. The first-order chi connectivity index (χ1) is 20.5. The molecule has 0 amide bonds. The van der Waals surface area contributed by atoms with Gasteiger partial charge in [-0.2, -0.15) is 0 Å². The largest absolute Gasteiger partial charge is 0.490 e.